The van der Waals surface area contributed by atoms with E-state index in [1.165, 1.54) is 0 Å². The minimum absolute atomic E-state index is 0.0742. The molecule has 0 aliphatic heterocycles. The van der Waals surface area contributed by atoms with Crippen LogP contribution in [0.3, 0.4) is 0 Å². The van der Waals surface area contributed by atoms with E-state index in [-0.39, 0.29) is 11.7 Å². The van der Waals surface area contributed by atoms with Crippen molar-refractivity contribution >= 4 is 34.5 Å². The lowest BCUT2D eigenvalue weighted by molar-refractivity contribution is -0.115. The molecular formula is C25H21N3O2. The van der Waals surface area contributed by atoms with Crippen molar-refractivity contribution in [2.45, 2.75) is 13.3 Å². The second-order valence-corrected chi connectivity index (χ2v) is 7.25. The van der Waals surface area contributed by atoms with Gasteiger partial charge in [-0.3, -0.25) is 9.59 Å². The molecule has 3 N–H and O–H groups in total. The number of carbonyl (C=O) groups is 2. The minimum Gasteiger partial charge on any atom is -0.383 e. The summed E-state index contributed by atoms with van der Waals surface area (Å²) in [7, 11) is 0. The molecule has 0 radical (unpaired) electrons. The number of aldehydes is 1. The molecule has 30 heavy (non-hydrogen) atoms. The SMILES string of the molecule is Cc1cc(NC(=O)Cc2ccc3ccccc3c2)ccc1-c1cnc(N)c(C=O)c1. The lowest BCUT2D eigenvalue weighted by Crippen LogP contribution is -2.14. The van der Waals surface area contributed by atoms with E-state index in [1.54, 1.807) is 12.3 Å². The number of rotatable bonds is 5. The van der Waals surface area contributed by atoms with Gasteiger partial charge in [-0.1, -0.05) is 48.5 Å². The molecular weight excluding hydrogens is 374 g/mol. The van der Waals surface area contributed by atoms with Gasteiger partial charge in [0.15, 0.2) is 6.29 Å². The van der Waals surface area contributed by atoms with Crippen LogP contribution >= 0.6 is 0 Å². The summed E-state index contributed by atoms with van der Waals surface area (Å²) in [5.74, 6) is 0.138. The van der Waals surface area contributed by atoms with Gasteiger partial charge in [-0.05, 0) is 52.6 Å². The number of anilines is 2. The van der Waals surface area contributed by atoms with Gasteiger partial charge in [-0.25, -0.2) is 4.98 Å². The Morgan fingerprint density at radius 3 is 2.60 bits per heavy atom. The lowest BCUT2D eigenvalue weighted by Gasteiger charge is -2.11. The third-order valence-corrected chi connectivity index (χ3v) is 5.08. The summed E-state index contributed by atoms with van der Waals surface area (Å²) in [4.78, 5) is 27.7. The zero-order chi connectivity index (χ0) is 21.1. The number of nitrogen functional groups attached to an aromatic ring is 1. The van der Waals surface area contributed by atoms with Crippen LogP contribution in [0.1, 0.15) is 21.5 Å². The molecule has 0 aliphatic rings. The molecule has 4 rings (SSSR count). The van der Waals surface area contributed by atoms with E-state index in [0.717, 1.165) is 38.7 Å². The molecule has 3 aromatic carbocycles. The Balaban J connectivity index is 1.50. The number of amides is 1. The highest BCUT2D eigenvalue weighted by Gasteiger charge is 2.09. The molecule has 0 spiro atoms. The Hall–Kier alpha value is -3.99. The number of nitrogens with one attached hydrogen (secondary N) is 1. The molecule has 1 aromatic heterocycles. The highest BCUT2D eigenvalue weighted by molar-refractivity contribution is 5.94. The summed E-state index contributed by atoms with van der Waals surface area (Å²) in [6.45, 7) is 1.95. The standard InChI is InChI=1S/C25H21N3O2/c1-16-10-22(8-9-23(16)20-13-21(15-29)25(26)27-14-20)28-24(30)12-17-6-7-18-4-2-3-5-19(18)11-17/h2-11,13-15H,12H2,1H3,(H2,26,27)(H,28,30). The second kappa shape index (κ2) is 8.17. The first-order chi connectivity index (χ1) is 14.5. The number of carbonyl (C=O) groups excluding carboxylic acids is 2. The van der Waals surface area contributed by atoms with Crippen LogP contribution in [0.25, 0.3) is 21.9 Å². The maximum Gasteiger partial charge on any atom is 0.228 e. The molecule has 1 heterocycles. The van der Waals surface area contributed by atoms with E-state index in [9.17, 15) is 9.59 Å². The lowest BCUT2D eigenvalue weighted by atomic mass is 10.00. The number of pyridine rings is 1. The summed E-state index contributed by atoms with van der Waals surface area (Å²) >= 11 is 0. The fourth-order valence-corrected chi connectivity index (χ4v) is 3.54. The number of nitrogens with zero attached hydrogens (tertiary/aromatic N) is 1. The zero-order valence-corrected chi connectivity index (χ0v) is 16.6. The average molecular weight is 395 g/mol. The minimum atomic E-state index is -0.0742. The van der Waals surface area contributed by atoms with E-state index in [1.807, 2.05) is 61.5 Å². The largest absolute Gasteiger partial charge is 0.383 e. The third-order valence-electron chi connectivity index (χ3n) is 5.08. The highest BCUT2D eigenvalue weighted by atomic mass is 16.1. The predicted octanol–water partition coefficient (Wildman–Crippen LogP) is 4.79. The van der Waals surface area contributed by atoms with Crippen molar-refractivity contribution in [3.63, 3.8) is 0 Å². The van der Waals surface area contributed by atoms with E-state index < -0.39 is 0 Å². The molecule has 0 aliphatic carbocycles. The number of fused-ring (bicyclic) bond motifs is 1. The van der Waals surface area contributed by atoms with Gasteiger partial charge in [0, 0.05) is 17.4 Å². The summed E-state index contributed by atoms with van der Waals surface area (Å²) in [6.07, 6.45) is 2.64. The van der Waals surface area contributed by atoms with Gasteiger partial charge < -0.3 is 11.1 Å². The predicted molar refractivity (Wildman–Crippen MR) is 120 cm³/mol. The normalized spacial score (nSPS) is 10.7. The van der Waals surface area contributed by atoms with Gasteiger partial charge in [0.25, 0.3) is 0 Å². The molecule has 5 nitrogen and oxygen atoms in total. The fourth-order valence-electron chi connectivity index (χ4n) is 3.54. The van der Waals surface area contributed by atoms with Gasteiger partial charge in [0.05, 0.1) is 12.0 Å². The Labute approximate surface area is 174 Å². The van der Waals surface area contributed by atoms with Crippen LogP contribution in [0.2, 0.25) is 0 Å². The van der Waals surface area contributed by atoms with Crippen molar-refractivity contribution in [3.8, 4) is 11.1 Å². The van der Waals surface area contributed by atoms with E-state index in [2.05, 4.69) is 16.4 Å². The molecule has 5 heteroatoms. The maximum atomic E-state index is 12.5. The molecule has 0 fully saturated rings. The zero-order valence-electron chi connectivity index (χ0n) is 16.6. The Morgan fingerprint density at radius 1 is 1.03 bits per heavy atom. The number of aromatic nitrogens is 1. The highest BCUT2D eigenvalue weighted by Crippen LogP contribution is 2.27. The number of nitrogens with two attached hydrogens (primary N) is 1. The van der Waals surface area contributed by atoms with Gasteiger partial charge in [-0.15, -0.1) is 0 Å². The van der Waals surface area contributed by atoms with Crippen LogP contribution in [0.4, 0.5) is 11.5 Å². The molecule has 0 saturated carbocycles. The van der Waals surface area contributed by atoms with Gasteiger partial charge >= 0.3 is 0 Å². The first-order valence-corrected chi connectivity index (χ1v) is 9.63. The van der Waals surface area contributed by atoms with Crippen molar-refractivity contribution in [2.24, 2.45) is 0 Å². The van der Waals surface area contributed by atoms with Crippen molar-refractivity contribution in [1.82, 2.24) is 4.98 Å². The van der Waals surface area contributed by atoms with Crippen LogP contribution in [0, 0.1) is 6.92 Å². The Kier molecular flexibility index (Phi) is 5.26. The molecule has 0 bridgehead atoms. The van der Waals surface area contributed by atoms with Crippen LogP contribution < -0.4 is 11.1 Å². The molecule has 0 atom stereocenters. The van der Waals surface area contributed by atoms with Crippen LogP contribution in [-0.4, -0.2) is 17.2 Å². The number of aryl methyl sites for hydroxylation is 1. The molecule has 148 valence electrons. The van der Waals surface area contributed by atoms with Crippen molar-refractivity contribution in [3.05, 3.63) is 89.6 Å². The van der Waals surface area contributed by atoms with E-state index >= 15 is 0 Å². The van der Waals surface area contributed by atoms with Crippen LogP contribution in [0.5, 0.6) is 0 Å². The summed E-state index contributed by atoms with van der Waals surface area (Å²) < 4.78 is 0. The van der Waals surface area contributed by atoms with Crippen molar-refractivity contribution in [1.29, 1.82) is 0 Å². The van der Waals surface area contributed by atoms with Gasteiger partial charge in [0.1, 0.15) is 5.82 Å². The van der Waals surface area contributed by atoms with Crippen molar-refractivity contribution < 1.29 is 9.59 Å². The van der Waals surface area contributed by atoms with Crippen molar-refractivity contribution in [2.75, 3.05) is 11.1 Å². The topological polar surface area (TPSA) is 85.1 Å². The van der Waals surface area contributed by atoms with Gasteiger partial charge in [-0.2, -0.15) is 0 Å². The Bertz CT molecular complexity index is 1260. The number of benzene rings is 3. The van der Waals surface area contributed by atoms with Crippen LogP contribution in [-0.2, 0) is 11.2 Å². The first kappa shape index (κ1) is 19.3. The first-order valence-electron chi connectivity index (χ1n) is 9.63. The molecule has 0 saturated heterocycles. The summed E-state index contributed by atoms with van der Waals surface area (Å²) in [6, 6.07) is 21.5. The maximum absolute atomic E-state index is 12.5. The smallest absolute Gasteiger partial charge is 0.228 e. The average Bonchev–Trinajstić information content (AvgIpc) is 2.74. The quantitative estimate of drug-likeness (QED) is 0.476. The van der Waals surface area contributed by atoms with Gasteiger partial charge in [0.2, 0.25) is 5.91 Å². The van der Waals surface area contributed by atoms with Crippen LogP contribution in [0.15, 0.2) is 72.9 Å². The molecule has 4 aromatic rings. The number of hydrogen-bond donors (Lipinski definition) is 2. The molecule has 0 unspecified atom stereocenters. The van der Waals surface area contributed by atoms with E-state index in [4.69, 9.17) is 5.73 Å². The fraction of sp³-hybridized carbons (Fsp3) is 0.0800. The van der Waals surface area contributed by atoms with E-state index in [0.29, 0.717) is 18.3 Å². The Morgan fingerprint density at radius 2 is 1.83 bits per heavy atom. The molecule has 1 amide bonds. The summed E-state index contributed by atoms with van der Waals surface area (Å²) in [5.41, 5.74) is 10.4. The summed E-state index contributed by atoms with van der Waals surface area (Å²) in [5, 5.41) is 5.23. The number of hydrogen-bond acceptors (Lipinski definition) is 4. The second-order valence-electron chi connectivity index (χ2n) is 7.25. The monoisotopic (exact) mass is 395 g/mol. The third kappa shape index (κ3) is 4.05.